The molecule has 3 heterocycles. The number of aromatic nitrogens is 3. The van der Waals surface area contributed by atoms with E-state index in [2.05, 4.69) is 5.32 Å². The molecule has 1 aliphatic heterocycles. The molecule has 1 atom stereocenters. The highest BCUT2D eigenvalue weighted by Crippen LogP contribution is 2.33. The Balaban J connectivity index is 1.50. The van der Waals surface area contributed by atoms with Crippen LogP contribution in [0.15, 0.2) is 91.0 Å². The molecule has 2 aromatic heterocycles. The van der Waals surface area contributed by atoms with Crippen molar-refractivity contribution >= 4 is 16.9 Å². The maximum Gasteiger partial charge on any atom is 0.252 e. The van der Waals surface area contributed by atoms with E-state index in [1.807, 2.05) is 103 Å². The van der Waals surface area contributed by atoms with E-state index in [4.69, 9.17) is 14.8 Å². The van der Waals surface area contributed by atoms with Crippen molar-refractivity contribution in [3.8, 4) is 22.7 Å². The molecule has 0 spiro atoms. The molecular formula is C29H24N4O2. The lowest BCUT2D eigenvalue weighted by atomic mass is 9.99. The van der Waals surface area contributed by atoms with Gasteiger partial charge < -0.3 is 10.1 Å². The van der Waals surface area contributed by atoms with Crippen LogP contribution in [0.25, 0.3) is 28.0 Å². The number of aryl methyl sites for hydroxylation is 1. The number of hydrogen-bond acceptors (Lipinski definition) is 4. The average Bonchev–Trinajstić information content (AvgIpc) is 3.25. The smallest absolute Gasteiger partial charge is 0.252 e. The Morgan fingerprint density at radius 3 is 2.49 bits per heavy atom. The number of amides is 1. The predicted octanol–water partition coefficient (Wildman–Crippen LogP) is 5.65. The van der Waals surface area contributed by atoms with Crippen molar-refractivity contribution in [2.24, 2.45) is 0 Å². The number of ether oxygens (including phenoxy) is 1. The normalized spacial score (nSPS) is 14.8. The molecule has 0 aliphatic carbocycles. The lowest BCUT2D eigenvalue weighted by Gasteiger charge is -2.26. The number of fused-ring (bicyclic) bond motifs is 2. The number of benzene rings is 3. The first kappa shape index (κ1) is 21.1. The van der Waals surface area contributed by atoms with Crippen LogP contribution in [0.4, 0.5) is 0 Å². The third-order valence-electron chi connectivity index (χ3n) is 6.39. The van der Waals surface area contributed by atoms with Crippen molar-refractivity contribution in [3.63, 3.8) is 0 Å². The fourth-order valence-corrected chi connectivity index (χ4v) is 4.70. The summed E-state index contributed by atoms with van der Waals surface area (Å²) in [5, 5.41) is 8.79. The van der Waals surface area contributed by atoms with Crippen molar-refractivity contribution in [1.82, 2.24) is 20.1 Å². The molecule has 3 aromatic carbocycles. The summed E-state index contributed by atoms with van der Waals surface area (Å²) in [5.74, 6) is 0.675. The minimum absolute atomic E-state index is 0.125. The van der Waals surface area contributed by atoms with E-state index in [0.717, 1.165) is 39.3 Å². The molecule has 0 saturated heterocycles. The fraction of sp³-hybridized carbons (Fsp3) is 0.138. The van der Waals surface area contributed by atoms with Gasteiger partial charge in [-0.25, -0.2) is 9.67 Å². The second-order valence-electron chi connectivity index (χ2n) is 8.65. The van der Waals surface area contributed by atoms with E-state index in [1.165, 1.54) is 0 Å². The van der Waals surface area contributed by atoms with Crippen molar-refractivity contribution in [2.45, 2.75) is 19.4 Å². The Hall–Kier alpha value is -4.45. The van der Waals surface area contributed by atoms with Crippen molar-refractivity contribution in [3.05, 3.63) is 108 Å². The Morgan fingerprint density at radius 1 is 0.971 bits per heavy atom. The summed E-state index contributed by atoms with van der Waals surface area (Å²) in [5.41, 5.74) is 5.55. The van der Waals surface area contributed by atoms with Crippen LogP contribution in [0, 0.1) is 6.92 Å². The van der Waals surface area contributed by atoms with Gasteiger partial charge in [-0.1, -0.05) is 66.7 Å². The lowest BCUT2D eigenvalue weighted by Crippen LogP contribution is -2.32. The number of carbonyl (C=O) groups is 1. The molecule has 0 bridgehead atoms. The van der Waals surface area contributed by atoms with E-state index >= 15 is 0 Å². The Labute approximate surface area is 203 Å². The molecule has 0 fully saturated rings. The molecule has 1 aliphatic rings. The van der Waals surface area contributed by atoms with Crippen LogP contribution >= 0.6 is 0 Å². The highest BCUT2D eigenvalue weighted by molar-refractivity contribution is 6.08. The fourth-order valence-electron chi connectivity index (χ4n) is 4.70. The predicted molar refractivity (Wildman–Crippen MR) is 136 cm³/mol. The molecule has 1 N–H and O–H groups in total. The number of para-hydroxylation sites is 2. The Kier molecular flexibility index (Phi) is 5.26. The van der Waals surface area contributed by atoms with Crippen LogP contribution in [0.5, 0.6) is 5.75 Å². The zero-order valence-electron chi connectivity index (χ0n) is 19.3. The van der Waals surface area contributed by atoms with E-state index in [0.29, 0.717) is 24.2 Å². The summed E-state index contributed by atoms with van der Waals surface area (Å²) in [6.07, 6.45) is 0.713. The number of nitrogens with one attached hydrogen (secondary N) is 1. The molecule has 6 nitrogen and oxygen atoms in total. The Morgan fingerprint density at radius 2 is 1.69 bits per heavy atom. The Bertz CT molecular complexity index is 1530. The van der Waals surface area contributed by atoms with Gasteiger partial charge in [-0.15, -0.1) is 0 Å². The molecule has 0 saturated carbocycles. The van der Waals surface area contributed by atoms with Crippen molar-refractivity contribution < 1.29 is 9.53 Å². The van der Waals surface area contributed by atoms with Gasteiger partial charge >= 0.3 is 0 Å². The first-order valence-electron chi connectivity index (χ1n) is 11.7. The van der Waals surface area contributed by atoms with E-state index in [9.17, 15) is 4.79 Å². The quantitative estimate of drug-likeness (QED) is 0.376. The highest BCUT2D eigenvalue weighted by Gasteiger charge is 2.26. The molecule has 0 radical (unpaired) electrons. The van der Waals surface area contributed by atoms with Gasteiger partial charge in [0.25, 0.3) is 5.91 Å². The van der Waals surface area contributed by atoms with Gasteiger partial charge in [0, 0.05) is 17.5 Å². The second-order valence-corrected chi connectivity index (χ2v) is 8.65. The SMILES string of the molecule is Cc1nn(-c2ccccc2)c2nc(-c3ccccc3)cc(C(=O)N[C@@H]3CCOc4ccccc43)c12. The van der Waals surface area contributed by atoms with Crippen LogP contribution < -0.4 is 10.1 Å². The first-order chi connectivity index (χ1) is 17.2. The van der Waals surface area contributed by atoms with Crippen LogP contribution in [0.1, 0.15) is 34.1 Å². The summed E-state index contributed by atoms with van der Waals surface area (Å²) in [4.78, 5) is 18.8. The topological polar surface area (TPSA) is 69.0 Å². The molecular weight excluding hydrogens is 436 g/mol. The monoisotopic (exact) mass is 460 g/mol. The first-order valence-corrected chi connectivity index (χ1v) is 11.7. The van der Waals surface area contributed by atoms with Crippen LogP contribution in [-0.2, 0) is 0 Å². The molecule has 172 valence electrons. The number of nitrogens with zero attached hydrogens (tertiary/aromatic N) is 3. The molecule has 1 amide bonds. The highest BCUT2D eigenvalue weighted by atomic mass is 16.5. The second kappa shape index (κ2) is 8.72. The van der Waals surface area contributed by atoms with Gasteiger partial charge in [0.2, 0.25) is 0 Å². The summed E-state index contributed by atoms with van der Waals surface area (Å²) < 4.78 is 7.60. The summed E-state index contributed by atoms with van der Waals surface area (Å²) in [7, 11) is 0. The lowest BCUT2D eigenvalue weighted by molar-refractivity contribution is 0.0926. The largest absolute Gasteiger partial charge is 0.493 e. The molecule has 0 unspecified atom stereocenters. The maximum atomic E-state index is 13.8. The zero-order valence-corrected chi connectivity index (χ0v) is 19.3. The van der Waals surface area contributed by atoms with Crippen molar-refractivity contribution in [2.75, 3.05) is 6.61 Å². The van der Waals surface area contributed by atoms with Gasteiger partial charge in [0.15, 0.2) is 5.65 Å². The molecule has 5 aromatic rings. The minimum atomic E-state index is -0.146. The van der Waals surface area contributed by atoms with Gasteiger partial charge in [0.1, 0.15) is 5.75 Å². The molecule has 35 heavy (non-hydrogen) atoms. The van der Waals surface area contributed by atoms with Crippen molar-refractivity contribution in [1.29, 1.82) is 0 Å². The number of carbonyl (C=O) groups excluding carboxylic acids is 1. The van der Waals surface area contributed by atoms with E-state index in [-0.39, 0.29) is 11.9 Å². The summed E-state index contributed by atoms with van der Waals surface area (Å²) in [6.45, 7) is 2.49. The third kappa shape index (κ3) is 3.83. The number of rotatable bonds is 4. The van der Waals surface area contributed by atoms with E-state index < -0.39 is 0 Å². The molecule has 6 rings (SSSR count). The average molecular weight is 461 g/mol. The number of pyridine rings is 1. The summed E-state index contributed by atoms with van der Waals surface area (Å²) >= 11 is 0. The van der Waals surface area contributed by atoms with Gasteiger partial charge in [-0.2, -0.15) is 5.10 Å². The van der Waals surface area contributed by atoms with Crippen LogP contribution in [-0.4, -0.2) is 27.3 Å². The van der Waals surface area contributed by atoms with E-state index in [1.54, 1.807) is 0 Å². The summed E-state index contributed by atoms with van der Waals surface area (Å²) in [6, 6.07) is 29.4. The van der Waals surface area contributed by atoms with Gasteiger partial charge in [-0.05, 0) is 31.2 Å². The van der Waals surface area contributed by atoms with Crippen LogP contribution in [0.3, 0.4) is 0 Å². The zero-order chi connectivity index (χ0) is 23.8. The van der Waals surface area contributed by atoms with Gasteiger partial charge in [-0.3, -0.25) is 4.79 Å². The van der Waals surface area contributed by atoms with Gasteiger partial charge in [0.05, 0.1) is 40.7 Å². The number of hydrogen-bond donors (Lipinski definition) is 1. The van der Waals surface area contributed by atoms with Crippen LogP contribution in [0.2, 0.25) is 0 Å². The standard InChI is InChI=1S/C29H24N4O2/c1-19-27-23(29(34)31-24-16-17-35-26-15-9-8-14-22(24)26)18-25(20-10-4-2-5-11-20)30-28(27)33(32-19)21-12-6-3-7-13-21/h2-15,18,24H,16-17H2,1H3,(H,31,34)/t24-/m1/s1. The minimum Gasteiger partial charge on any atom is -0.493 e. The molecule has 6 heteroatoms. The maximum absolute atomic E-state index is 13.8. The third-order valence-corrected chi connectivity index (χ3v) is 6.39.